The molecule has 0 aliphatic carbocycles. The number of hydrogen-bond donors (Lipinski definition) is 2. The molecule has 5 heteroatoms. The molecule has 1 aromatic carbocycles. The van der Waals surface area contributed by atoms with Gasteiger partial charge in [0.2, 0.25) is 10.0 Å². The predicted molar refractivity (Wildman–Crippen MR) is 67.8 cm³/mol. The van der Waals surface area contributed by atoms with Crippen LogP contribution in [-0.2, 0) is 10.0 Å². The fourth-order valence-corrected chi connectivity index (χ4v) is 2.97. The number of nitrogens with two attached hydrogens (primary N) is 1. The highest BCUT2D eigenvalue weighted by molar-refractivity contribution is 7.92. The van der Waals surface area contributed by atoms with Gasteiger partial charge in [-0.05, 0) is 36.6 Å². The normalized spacial score (nSPS) is 11.8. The van der Waals surface area contributed by atoms with E-state index in [2.05, 4.69) is 4.72 Å². The monoisotopic (exact) mass is 242 g/mol. The first-order chi connectivity index (χ1) is 7.30. The smallest absolute Gasteiger partial charge is 0.232 e. The van der Waals surface area contributed by atoms with Gasteiger partial charge in [0, 0.05) is 5.69 Å². The van der Waals surface area contributed by atoms with Crippen molar-refractivity contribution >= 4 is 21.4 Å². The molecular formula is C11H18N2O2S. The molecule has 0 heterocycles. The van der Waals surface area contributed by atoms with E-state index in [1.807, 2.05) is 20.8 Å². The van der Waals surface area contributed by atoms with E-state index in [4.69, 9.17) is 5.73 Å². The summed E-state index contributed by atoms with van der Waals surface area (Å²) in [6.07, 6.45) is 0. The molecule has 90 valence electrons. The molecule has 0 aromatic heterocycles. The third-order valence-electron chi connectivity index (χ3n) is 2.07. The van der Waals surface area contributed by atoms with Gasteiger partial charge in [-0.3, -0.25) is 4.72 Å². The molecular weight excluding hydrogens is 224 g/mol. The van der Waals surface area contributed by atoms with Crippen LogP contribution in [0.1, 0.15) is 19.4 Å². The number of sulfonamides is 1. The second-order valence-corrected chi connectivity index (χ2v) is 6.12. The molecule has 4 nitrogen and oxygen atoms in total. The summed E-state index contributed by atoms with van der Waals surface area (Å²) < 4.78 is 26.0. The lowest BCUT2D eigenvalue weighted by Crippen LogP contribution is -2.20. The summed E-state index contributed by atoms with van der Waals surface area (Å²) in [6.45, 7) is 5.56. The fourth-order valence-electron chi connectivity index (χ4n) is 1.45. The number of rotatable bonds is 4. The Morgan fingerprint density at radius 1 is 1.38 bits per heavy atom. The van der Waals surface area contributed by atoms with E-state index in [9.17, 15) is 8.42 Å². The van der Waals surface area contributed by atoms with Crippen LogP contribution in [-0.4, -0.2) is 14.2 Å². The quantitative estimate of drug-likeness (QED) is 0.793. The topological polar surface area (TPSA) is 72.2 Å². The summed E-state index contributed by atoms with van der Waals surface area (Å²) in [6, 6.07) is 5.11. The first-order valence-corrected chi connectivity index (χ1v) is 6.82. The molecule has 0 saturated heterocycles. The van der Waals surface area contributed by atoms with Crippen LogP contribution in [0.5, 0.6) is 0 Å². The Kier molecular flexibility index (Phi) is 3.80. The van der Waals surface area contributed by atoms with Gasteiger partial charge < -0.3 is 5.73 Å². The highest BCUT2D eigenvalue weighted by Crippen LogP contribution is 2.19. The van der Waals surface area contributed by atoms with Crippen LogP contribution >= 0.6 is 0 Å². The highest BCUT2D eigenvalue weighted by atomic mass is 32.2. The summed E-state index contributed by atoms with van der Waals surface area (Å²) in [5.74, 6) is 0.225. The van der Waals surface area contributed by atoms with E-state index >= 15 is 0 Å². The molecule has 0 radical (unpaired) electrons. The van der Waals surface area contributed by atoms with Gasteiger partial charge >= 0.3 is 0 Å². The molecule has 0 aliphatic rings. The number of aryl methyl sites for hydroxylation is 1. The van der Waals surface area contributed by atoms with Gasteiger partial charge in [-0.15, -0.1) is 0 Å². The minimum absolute atomic E-state index is 0.103. The van der Waals surface area contributed by atoms with Crippen molar-refractivity contribution in [1.29, 1.82) is 0 Å². The Bertz CT molecular complexity index is 467. The molecule has 0 spiro atoms. The van der Waals surface area contributed by atoms with Gasteiger partial charge in [-0.2, -0.15) is 0 Å². The minimum Gasteiger partial charge on any atom is -0.399 e. The summed E-state index contributed by atoms with van der Waals surface area (Å²) in [5, 5.41) is 0. The third kappa shape index (κ3) is 3.73. The minimum atomic E-state index is -3.26. The predicted octanol–water partition coefficient (Wildman–Crippen LogP) is 1.97. The SMILES string of the molecule is Cc1cc(N)ccc1NS(=O)(=O)CC(C)C. The van der Waals surface area contributed by atoms with Crippen molar-refractivity contribution in [2.24, 2.45) is 5.92 Å². The van der Waals surface area contributed by atoms with E-state index in [-0.39, 0.29) is 11.7 Å². The number of hydrogen-bond acceptors (Lipinski definition) is 3. The molecule has 1 rings (SSSR count). The maximum atomic E-state index is 11.7. The van der Waals surface area contributed by atoms with Gasteiger partial charge in [0.05, 0.1) is 11.4 Å². The van der Waals surface area contributed by atoms with Gasteiger partial charge in [0.15, 0.2) is 0 Å². The zero-order chi connectivity index (χ0) is 12.3. The van der Waals surface area contributed by atoms with Crippen LogP contribution in [0.2, 0.25) is 0 Å². The second-order valence-electron chi connectivity index (χ2n) is 4.35. The fraction of sp³-hybridized carbons (Fsp3) is 0.455. The largest absolute Gasteiger partial charge is 0.399 e. The van der Waals surface area contributed by atoms with E-state index in [1.54, 1.807) is 18.2 Å². The maximum Gasteiger partial charge on any atom is 0.232 e. The molecule has 0 unspecified atom stereocenters. The Morgan fingerprint density at radius 2 is 2.00 bits per heavy atom. The standard InChI is InChI=1S/C11H18N2O2S/c1-8(2)7-16(14,15)13-11-5-4-10(12)6-9(11)3/h4-6,8,13H,7,12H2,1-3H3. The molecule has 0 aliphatic heterocycles. The van der Waals surface area contributed by atoms with Crippen LogP contribution < -0.4 is 10.5 Å². The highest BCUT2D eigenvalue weighted by Gasteiger charge is 2.13. The van der Waals surface area contributed by atoms with Crippen LogP contribution in [0, 0.1) is 12.8 Å². The first kappa shape index (κ1) is 12.8. The van der Waals surface area contributed by atoms with Crippen molar-refractivity contribution < 1.29 is 8.42 Å². The van der Waals surface area contributed by atoms with Gasteiger partial charge in [0.25, 0.3) is 0 Å². The van der Waals surface area contributed by atoms with E-state index in [1.165, 1.54) is 0 Å². The lowest BCUT2D eigenvalue weighted by molar-refractivity contribution is 0.587. The number of benzene rings is 1. The molecule has 0 saturated carbocycles. The maximum absolute atomic E-state index is 11.7. The number of nitrogens with one attached hydrogen (secondary N) is 1. The Hall–Kier alpha value is -1.23. The van der Waals surface area contributed by atoms with Crippen LogP contribution in [0.3, 0.4) is 0 Å². The first-order valence-electron chi connectivity index (χ1n) is 5.17. The van der Waals surface area contributed by atoms with E-state index in [0.717, 1.165) is 5.56 Å². The molecule has 3 N–H and O–H groups in total. The van der Waals surface area contributed by atoms with Crippen LogP contribution in [0.25, 0.3) is 0 Å². The van der Waals surface area contributed by atoms with Gasteiger partial charge in [-0.25, -0.2) is 8.42 Å². The van der Waals surface area contributed by atoms with Gasteiger partial charge in [0.1, 0.15) is 0 Å². The van der Waals surface area contributed by atoms with Crippen molar-refractivity contribution in [1.82, 2.24) is 0 Å². The zero-order valence-corrected chi connectivity index (χ0v) is 10.6. The van der Waals surface area contributed by atoms with Crippen molar-refractivity contribution in [3.63, 3.8) is 0 Å². The number of anilines is 2. The van der Waals surface area contributed by atoms with Crippen molar-refractivity contribution in [2.75, 3.05) is 16.2 Å². The lowest BCUT2D eigenvalue weighted by atomic mass is 10.2. The Labute approximate surface area is 96.9 Å². The third-order valence-corrected chi connectivity index (χ3v) is 3.71. The summed E-state index contributed by atoms with van der Waals surface area (Å²) >= 11 is 0. The second kappa shape index (κ2) is 4.74. The van der Waals surface area contributed by atoms with Crippen molar-refractivity contribution in [3.05, 3.63) is 23.8 Å². The molecule has 0 bridgehead atoms. The van der Waals surface area contributed by atoms with Crippen LogP contribution in [0.4, 0.5) is 11.4 Å². The Morgan fingerprint density at radius 3 is 2.50 bits per heavy atom. The molecule has 16 heavy (non-hydrogen) atoms. The average Bonchev–Trinajstić information content (AvgIpc) is 2.07. The Balaban J connectivity index is 2.88. The lowest BCUT2D eigenvalue weighted by Gasteiger charge is -2.12. The molecule has 1 aromatic rings. The van der Waals surface area contributed by atoms with E-state index < -0.39 is 10.0 Å². The zero-order valence-electron chi connectivity index (χ0n) is 9.82. The molecule has 0 fully saturated rings. The molecule has 0 amide bonds. The average molecular weight is 242 g/mol. The molecule has 0 atom stereocenters. The van der Waals surface area contributed by atoms with E-state index in [0.29, 0.717) is 11.4 Å². The van der Waals surface area contributed by atoms with Gasteiger partial charge in [-0.1, -0.05) is 13.8 Å². The summed E-state index contributed by atoms with van der Waals surface area (Å²) in [5.41, 5.74) is 7.64. The van der Waals surface area contributed by atoms with Crippen LogP contribution in [0.15, 0.2) is 18.2 Å². The van der Waals surface area contributed by atoms with Crippen molar-refractivity contribution in [3.8, 4) is 0 Å². The van der Waals surface area contributed by atoms with Crippen molar-refractivity contribution in [2.45, 2.75) is 20.8 Å². The summed E-state index contributed by atoms with van der Waals surface area (Å²) in [7, 11) is -3.26. The number of nitrogen functional groups attached to an aromatic ring is 1. The summed E-state index contributed by atoms with van der Waals surface area (Å²) in [4.78, 5) is 0.